The number of rotatable bonds is 4. The first-order chi connectivity index (χ1) is 10.7. The number of oxazole rings is 1. The fourth-order valence-corrected chi connectivity index (χ4v) is 2.25. The van der Waals surface area contributed by atoms with Crippen LogP contribution in [0.5, 0.6) is 5.75 Å². The lowest BCUT2D eigenvalue weighted by molar-refractivity contribution is -0.115. The van der Waals surface area contributed by atoms with E-state index in [1.54, 1.807) is 25.3 Å². The Morgan fingerprint density at radius 1 is 1.27 bits per heavy atom. The number of aromatic nitrogens is 1. The van der Waals surface area contributed by atoms with Crippen LogP contribution in [0.1, 0.15) is 5.56 Å². The summed E-state index contributed by atoms with van der Waals surface area (Å²) in [5, 5.41) is 2.77. The van der Waals surface area contributed by atoms with E-state index in [0.717, 1.165) is 5.56 Å². The molecule has 22 heavy (non-hydrogen) atoms. The number of benzene rings is 2. The quantitative estimate of drug-likeness (QED) is 0.774. The summed E-state index contributed by atoms with van der Waals surface area (Å²) in [6.45, 7) is 0. The van der Waals surface area contributed by atoms with Gasteiger partial charge in [-0.15, -0.1) is 0 Å². The van der Waals surface area contributed by atoms with Crippen LogP contribution in [0.4, 0.5) is 5.69 Å². The van der Waals surface area contributed by atoms with Crippen molar-refractivity contribution in [1.29, 1.82) is 0 Å². The van der Waals surface area contributed by atoms with Crippen molar-refractivity contribution >= 4 is 22.7 Å². The first-order valence-corrected chi connectivity index (χ1v) is 6.70. The van der Waals surface area contributed by atoms with Gasteiger partial charge >= 0.3 is 5.76 Å². The molecule has 2 aromatic carbocycles. The normalized spacial score (nSPS) is 10.6. The summed E-state index contributed by atoms with van der Waals surface area (Å²) in [6, 6.07) is 12.3. The number of carbonyl (C=O) groups excluding carboxylic acids is 1. The van der Waals surface area contributed by atoms with E-state index in [9.17, 15) is 9.59 Å². The molecule has 1 heterocycles. The van der Waals surface area contributed by atoms with Crippen molar-refractivity contribution in [2.45, 2.75) is 6.42 Å². The molecule has 6 heteroatoms. The zero-order valence-corrected chi connectivity index (χ0v) is 11.9. The molecule has 1 aromatic heterocycles. The Kier molecular flexibility index (Phi) is 3.65. The van der Waals surface area contributed by atoms with Gasteiger partial charge in [0.25, 0.3) is 0 Å². The van der Waals surface area contributed by atoms with E-state index in [1.807, 2.05) is 24.3 Å². The van der Waals surface area contributed by atoms with Gasteiger partial charge < -0.3 is 14.5 Å². The fourth-order valence-electron chi connectivity index (χ4n) is 2.25. The summed E-state index contributed by atoms with van der Waals surface area (Å²) >= 11 is 0. The summed E-state index contributed by atoms with van der Waals surface area (Å²) in [6.07, 6.45) is 0.194. The van der Waals surface area contributed by atoms with Crippen molar-refractivity contribution in [2.24, 2.45) is 0 Å². The van der Waals surface area contributed by atoms with Crippen molar-refractivity contribution in [3.05, 3.63) is 58.6 Å². The van der Waals surface area contributed by atoms with E-state index >= 15 is 0 Å². The van der Waals surface area contributed by atoms with Gasteiger partial charge in [0.15, 0.2) is 5.58 Å². The zero-order valence-electron chi connectivity index (χ0n) is 11.9. The topological polar surface area (TPSA) is 84.3 Å². The smallest absolute Gasteiger partial charge is 0.417 e. The van der Waals surface area contributed by atoms with Crippen LogP contribution in [0.2, 0.25) is 0 Å². The molecule has 6 nitrogen and oxygen atoms in total. The highest BCUT2D eigenvalue weighted by atomic mass is 16.5. The molecule has 0 spiro atoms. The molecule has 0 radical (unpaired) electrons. The molecule has 0 aliphatic carbocycles. The van der Waals surface area contributed by atoms with Crippen LogP contribution in [0.25, 0.3) is 11.1 Å². The minimum Gasteiger partial charge on any atom is -0.496 e. The standard InChI is InChI=1S/C16H14N2O4/c1-21-13-5-3-2-4-10(13)8-15(19)17-11-6-7-12-14(9-11)22-16(20)18-12/h2-7,9H,8H2,1H3,(H,17,19)(H,18,20). The Morgan fingerprint density at radius 2 is 2.09 bits per heavy atom. The van der Waals surface area contributed by atoms with Gasteiger partial charge in [-0.2, -0.15) is 0 Å². The molecule has 3 rings (SSSR count). The Morgan fingerprint density at radius 3 is 2.91 bits per heavy atom. The summed E-state index contributed by atoms with van der Waals surface area (Å²) < 4.78 is 10.2. The van der Waals surface area contributed by atoms with E-state index in [0.29, 0.717) is 22.5 Å². The molecule has 0 bridgehead atoms. The number of para-hydroxylation sites is 1. The second kappa shape index (κ2) is 5.77. The lowest BCUT2D eigenvalue weighted by Gasteiger charge is -2.08. The van der Waals surface area contributed by atoms with Gasteiger partial charge in [-0.05, 0) is 18.2 Å². The molecule has 3 aromatic rings. The van der Waals surface area contributed by atoms with Gasteiger partial charge in [0, 0.05) is 17.3 Å². The molecule has 0 aliphatic rings. The average molecular weight is 298 g/mol. The molecule has 0 fully saturated rings. The van der Waals surface area contributed by atoms with Crippen molar-refractivity contribution in [1.82, 2.24) is 4.98 Å². The highest BCUT2D eigenvalue weighted by Gasteiger charge is 2.09. The van der Waals surface area contributed by atoms with Crippen LogP contribution < -0.4 is 15.8 Å². The monoisotopic (exact) mass is 298 g/mol. The number of aromatic amines is 1. The minimum atomic E-state index is -0.521. The van der Waals surface area contributed by atoms with Crippen LogP contribution in [-0.4, -0.2) is 18.0 Å². The van der Waals surface area contributed by atoms with Gasteiger partial charge in [0.2, 0.25) is 5.91 Å². The summed E-state index contributed by atoms with van der Waals surface area (Å²) in [4.78, 5) is 25.8. The number of hydrogen-bond acceptors (Lipinski definition) is 4. The lowest BCUT2D eigenvalue weighted by atomic mass is 10.1. The molecular weight excluding hydrogens is 284 g/mol. The van der Waals surface area contributed by atoms with Gasteiger partial charge in [0.1, 0.15) is 5.75 Å². The molecule has 1 amide bonds. The second-order valence-corrected chi connectivity index (χ2v) is 4.76. The second-order valence-electron chi connectivity index (χ2n) is 4.76. The summed E-state index contributed by atoms with van der Waals surface area (Å²) in [7, 11) is 1.57. The molecular formula is C16H14N2O4. The van der Waals surface area contributed by atoms with Crippen LogP contribution in [-0.2, 0) is 11.2 Å². The third kappa shape index (κ3) is 2.85. The van der Waals surface area contributed by atoms with Crippen molar-refractivity contribution in [3.8, 4) is 5.75 Å². The Hall–Kier alpha value is -3.02. The van der Waals surface area contributed by atoms with E-state index in [1.165, 1.54) is 0 Å². The predicted molar refractivity (Wildman–Crippen MR) is 82.2 cm³/mol. The molecule has 0 saturated carbocycles. The number of hydrogen-bond donors (Lipinski definition) is 2. The van der Waals surface area contributed by atoms with Crippen LogP contribution in [0.15, 0.2) is 51.7 Å². The van der Waals surface area contributed by atoms with Gasteiger partial charge in [-0.25, -0.2) is 4.79 Å². The number of anilines is 1. The SMILES string of the molecule is COc1ccccc1CC(=O)Nc1ccc2[nH]c(=O)oc2c1. The highest BCUT2D eigenvalue weighted by Crippen LogP contribution is 2.20. The van der Waals surface area contributed by atoms with E-state index < -0.39 is 5.76 Å². The van der Waals surface area contributed by atoms with Crippen molar-refractivity contribution in [3.63, 3.8) is 0 Å². The number of amides is 1. The number of H-pyrrole nitrogens is 1. The van der Waals surface area contributed by atoms with E-state index in [4.69, 9.17) is 9.15 Å². The number of ether oxygens (including phenoxy) is 1. The number of methoxy groups -OCH3 is 1. The summed E-state index contributed by atoms with van der Waals surface area (Å²) in [5.74, 6) is -0.0287. The van der Waals surface area contributed by atoms with E-state index in [-0.39, 0.29) is 12.3 Å². The molecule has 0 unspecified atom stereocenters. The van der Waals surface area contributed by atoms with E-state index in [2.05, 4.69) is 10.3 Å². The molecule has 0 aliphatic heterocycles. The van der Waals surface area contributed by atoms with Crippen molar-refractivity contribution in [2.75, 3.05) is 12.4 Å². The number of fused-ring (bicyclic) bond motifs is 1. The largest absolute Gasteiger partial charge is 0.496 e. The van der Waals surface area contributed by atoms with Crippen LogP contribution in [0, 0.1) is 0 Å². The van der Waals surface area contributed by atoms with Gasteiger partial charge in [-0.1, -0.05) is 18.2 Å². The molecule has 2 N–H and O–H groups in total. The third-order valence-electron chi connectivity index (χ3n) is 3.25. The zero-order chi connectivity index (χ0) is 15.5. The van der Waals surface area contributed by atoms with Crippen LogP contribution in [0.3, 0.4) is 0 Å². The third-order valence-corrected chi connectivity index (χ3v) is 3.25. The maximum absolute atomic E-state index is 12.1. The van der Waals surface area contributed by atoms with Crippen LogP contribution >= 0.6 is 0 Å². The summed E-state index contributed by atoms with van der Waals surface area (Å²) in [5.41, 5.74) is 2.36. The first kappa shape index (κ1) is 13.9. The molecule has 112 valence electrons. The average Bonchev–Trinajstić information content (AvgIpc) is 2.87. The van der Waals surface area contributed by atoms with Gasteiger partial charge in [-0.3, -0.25) is 9.78 Å². The maximum Gasteiger partial charge on any atom is 0.417 e. The predicted octanol–water partition coefficient (Wildman–Crippen LogP) is 2.31. The number of nitrogens with one attached hydrogen (secondary N) is 2. The Bertz CT molecular complexity index is 879. The van der Waals surface area contributed by atoms with Gasteiger partial charge in [0.05, 0.1) is 19.0 Å². The lowest BCUT2D eigenvalue weighted by Crippen LogP contribution is -2.14. The Balaban J connectivity index is 1.76. The maximum atomic E-state index is 12.1. The highest BCUT2D eigenvalue weighted by molar-refractivity contribution is 5.94. The van der Waals surface area contributed by atoms with Crippen molar-refractivity contribution < 1.29 is 13.9 Å². The Labute approximate surface area is 125 Å². The molecule has 0 atom stereocenters. The first-order valence-electron chi connectivity index (χ1n) is 6.70. The minimum absolute atomic E-state index is 0.179. The fraction of sp³-hybridized carbons (Fsp3) is 0.125. The number of carbonyl (C=O) groups is 1. The molecule has 0 saturated heterocycles.